The molecule has 0 atom stereocenters. The Kier molecular flexibility index (Phi) is 6.69. The van der Waals surface area contributed by atoms with Crippen molar-refractivity contribution in [3.63, 3.8) is 0 Å². The molecule has 0 unspecified atom stereocenters. The summed E-state index contributed by atoms with van der Waals surface area (Å²) in [4.78, 5) is 0. The minimum absolute atomic E-state index is 0.529. The van der Waals surface area contributed by atoms with Crippen molar-refractivity contribution in [3.05, 3.63) is 35.6 Å². The van der Waals surface area contributed by atoms with Crippen LogP contribution in [0, 0.1) is 0 Å². The van der Waals surface area contributed by atoms with Gasteiger partial charge < -0.3 is 23.9 Å². The maximum Gasteiger partial charge on any atom is 0.134 e. The van der Waals surface area contributed by atoms with Crippen molar-refractivity contribution in [2.45, 2.75) is 13.2 Å². The molecule has 0 saturated heterocycles. The Hall–Kier alpha value is -1.40. The minimum Gasteiger partial charge on any atom is -0.459 e. The summed E-state index contributed by atoms with van der Waals surface area (Å²) < 4.78 is 21.8. The van der Waals surface area contributed by atoms with Crippen molar-refractivity contribution < 1.29 is 18.6 Å². The lowest BCUT2D eigenvalue weighted by Crippen LogP contribution is -2.10. The van der Waals surface area contributed by atoms with Crippen LogP contribution in [0.5, 0.6) is 0 Å². The van der Waals surface area contributed by atoms with Gasteiger partial charge in [-0.2, -0.15) is 0 Å². The number of rotatable bonds is 10. The Morgan fingerprint density at radius 3 is 2.62 bits per heavy atom. The van der Waals surface area contributed by atoms with Gasteiger partial charge in [0.05, 0.1) is 39.6 Å². The van der Waals surface area contributed by atoms with Gasteiger partial charge in [0, 0.05) is 18.1 Å². The molecule has 0 bridgehead atoms. The molecule has 1 aromatic heterocycles. The van der Waals surface area contributed by atoms with Crippen LogP contribution >= 0.6 is 0 Å². The van der Waals surface area contributed by atoms with Crippen molar-refractivity contribution in [2.24, 2.45) is 0 Å². The van der Waals surface area contributed by atoms with Crippen LogP contribution < -0.4 is 5.32 Å². The molecule has 0 amide bonds. The number of methoxy groups -OCH3 is 1. The van der Waals surface area contributed by atoms with Gasteiger partial charge in [-0.15, -0.1) is 0 Å². The average Bonchev–Trinajstić information content (AvgIpc) is 2.84. The monoisotopic (exact) mass is 293 g/mol. The van der Waals surface area contributed by atoms with E-state index in [1.54, 1.807) is 7.11 Å². The molecule has 2 aromatic rings. The maximum atomic E-state index is 5.86. The first kappa shape index (κ1) is 16.0. The third kappa shape index (κ3) is 4.54. The van der Waals surface area contributed by atoms with Crippen molar-refractivity contribution >= 4 is 11.0 Å². The van der Waals surface area contributed by atoms with E-state index in [0.717, 1.165) is 22.3 Å². The molecule has 5 nitrogen and oxygen atoms in total. The van der Waals surface area contributed by atoms with Crippen LogP contribution in [0.1, 0.15) is 11.3 Å². The summed E-state index contributed by atoms with van der Waals surface area (Å²) in [5, 5.41) is 4.24. The molecule has 21 heavy (non-hydrogen) atoms. The van der Waals surface area contributed by atoms with Crippen molar-refractivity contribution in [1.82, 2.24) is 5.32 Å². The first-order valence-corrected chi connectivity index (χ1v) is 7.15. The summed E-state index contributed by atoms with van der Waals surface area (Å²) in [5.41, 5.74) is 2.01. The Bertz CT molecular complexity index is 538. The molecule has 0 aliphatic carbocycles. The van der Waals surface area contributed by atoms with E-state index in [1.165, 1.54) is 0 Å². The molecule has 0 spiro atoms. The number of fused-ring (bicyclic) bond motifs is 1. The van der Waals surface area contributed by atoms with Crippen LogP contribution in [0.15, 0.2) is 28.7 Å². The van der Waals surface area contributed by atoms with Crippen LogP contribution in [0.4, 0.5) is 0 Å². The molecule has 0 saturated carbocycles. The summed E-state index contributed by atoms with van der Waals surface area (Å²) in [7, 11) is 3.56. The second kappa shape index (κ2) is 8.79. The van der Waals surface area contributed by atoms with E-state index in [4.69, 9.17) is 18.6 Å². The number of furan rings is 1. The molecule has 0 aliphatic heterocycles. The van der Waals surface area contributed by atoms with Crippen molar-refractivity contribution in [1.29, 1.82) is 0 Å². The number of ether oxygens (including phenoxy) is 3. The van der Waals surface area contributed by atoms with E-state index in [2.05, 4.69) is 11.4 Å². The smallest absolute Gasteiger partial charge is 0.134 e. The zero-order chi connectivity index (χ0) is 14.9. The summed E-state index contributed by atoms with van der Waals surface area (Å²) >= 11 is 0. The van der Waals surface area contributed by atoms with Crippen LogP contribution in [0.2, 0.25) is 0 Å². The fraction of sp³-hybridized carbons (Fsp3) is 0.500. The Morgan fingerprint density at radius 2 is 1.81 bits per heavy atom. The highest BCUT2D eigenvalue weighted by atomic mass is 16.5. The van der Waals surface area contributed by atoms with E-state index in [9.17, 15) is 0 Å². The molecule has 2 rings (SSSR count). The highest BCUT2D eigenvalue weighted by Crippen LogP contribution is 2.26. The van der Waals surface area contributed by atoms with E-state index >= 15 is 0 Å². The molecular weight excluding hydrogens is 270 g/mol. The zero-order valence-corrected chi connectivity index (χ0v) is 12.7. The standard InChI is InChI=1S/C16H23NO4/c1-17-11-16-14(12-20-10-9-19-8-7-18-2)13-5-3-4-6-15(13)21-16/h3-6,17H,7-12H2,1-2H3. The summed E-state index contributed by atoms with van der Waals surface area (Å²) in [6.07, 6.45) is 0. The molecule has 1 N–H and O–H groups in total. The highest BCUT2D eigenvalue weighted by Gasteiger charge is 2.13. The topological polar surface area (TPSA) is 52.9 Å². The molecule has 1 heterocycles. The molecule has 0 radical (unpaired) electrons. The maximum absolute atomic E-state index is 5.86. The molecular formula is C16H23NO4. The lowest BCUT2D eigenvalue weighted by molar-refractivity contribution is 0.0198. The van der Waals surface area contributed by atoms with E-state index in [0.29, 0.717) is 39.6 Å². The fourth-order valence-electron chi connectivity index (χ4n) is 2.15. The second-order valence-electron chi connectivity index (χ2n) is 4.69. The third-order valence-corrected chi connectivity index (χ3v) is 3.17. The highest BCUT2D eigenvalue weighted by molar-refractivity contribution is 5.82. The Balaban J connectivity index is 1.89. The molecule has 5 heteroatoms. The summed E-state index contributed by atoms with van der Waals surface area (Å²) in [5.74, 6) is 0.930. The first-order valence-electron chi connectivity index (χ1n) is 7.15. The largest absolute Gasteiger partial charge is 0.459 e. The van der Waals surface area contributed by atoms with Gasteiger partial charge in [-0.1, -0.05) is 18.2 Å². The van der Waals surface area contributed by atoms with E-state index < -0.39 is 0 Å². The van der Waals surface area contributed by atoms with Crippen LogP contribution in [0.3, 0.4) is 0 Å². The van der Waals surface area contributed by atoms with Crippen LogP contribution in [-0.2, 0) is 27.4 Å². The predicted octanol–water partition coefficient (Wildman–Crippen LogP) is 2.33. The number of nitrogens with one attached hydrogen (secondary N) is 1. The van der Waals surface area contributed by atoms with Gasteiger partial charge in [0.25, 0.3) is 0 Å². The van der Waals surface area contributed by atoms with Gasteiger partial charge in [-0.05, 0) is 13.1 Å². The third-order valence-electron chi connectivity index (χ3n) is 3.17. The number of hydrogen-bond donors (Lipinski definition) is 1. The van der Waals surface area contributed by atoms with E-state index in [1.807, 2.05) is 25.2 Å². The van der Waals surface area contributed by atoms with Crippen LogP contribution in [0.25, 0.3) is 11.0 Å². The zero-order valence-electron chi connectivity index (χ0n) is 12.7. The number of benzene rings is 1. The normalized spacial score (nSPS) is 11.3. The van der Waals surface area contributed by atoms with E-state index in [-0.39, 0.29) is 0 Å². The van der Waals surface area contributed by atoms with Gasteiger partial charge in [-0.25, -0.2) is 0 Å². The van der Waals surface area contributed by atoms with Gasteiger partial charge >= 0.3 is 0 Å². The number of hydrogen-bond acceptors (Lipinski definition) is 5. The Labute approximate surface area is 125 Å². The first-order chi connectivity index (χ1) is 10.4. The predicted molar refractivity (Wildman–Crippen MR) is 81.3 cm³/mol. The quantitative estimate of drug-likeness (QED) is 0.681. The molecule has 1 aromatic carbocycles. The Morgan fingerprint density at radius 1 is 1.05 bits per heavy atom. The van der Waals surface area contributed by atoms with Crippen molar-refractivity contribution in [3.8, 4) is 0 Å². The van der Waals surface area contributed by atoms with Gasteiger partial charge in [0.1, 0.15) is 11.3 Å². The van der Waals surface area contributed by atoms with Crippen molar-refractivity contribution in [2.75, 3.05) is 40.6 Å². The summed E-state index contributed by atoms with van der Waals surface area (Å²) in [6, 6.07) is 8.03. The average molecular weight is 293 g/mol. The minimum atomic E-state index is 0.529. The van der Waals surface area contributed by atoms with Gasteiger partial charge in [0.15, 0.2) is 0 Å². The number of para-hydroxylation sites is 1. The fourth-order valence-corrected chi connectivity index (χ4v) is 2.15. The molecule has 0 aliphatic rings. The molecule has 0 fully saturated rings. The van der Waals surface area contributed by atoms with Crippen LogP contribution in [-0.4, -0.2) is 40.6 Å². The van der Waals surface area contributed by atoms with Gasteiger partial charge in [-0.3, -0.25) is 0 Å². The summed E-state index contributed by atoms with van der Waals surface area (Å²) in [6.45, 7) is 3.56. The SMILES string of the molecule is CNCc1oc2ccccc2c1COCCOCCOC. The lowest BCUT2D eigenvalue weighted by Gasteiger charge is -2.06. The second-order valence-corrected chi connectivity index (χ2v) is 4.69. The van der Waals surface area contributed by atoms with Gasteiger partial charge in [0.2, 0.25) is 0 Å². The molecule has 116 valence electrons. The lowest BCUT2D eigenvalue weighted by atomic mass is 10.1.